The number of nitrogens with zero attached hydrogens (tertiary/aromatic N) is 1. The third-order valence-electron chi connectivity index (χ3n) is 2.28. The monoisotopic (exact) mass is 197 g/mol. The highest BCUT2D eigenvalue weighted by Crippen LogP contribution is 2.21. The second-order valence-corrected chi connectivity index (χ2v) is 3.54. The number of aliphatic hydroxyl groups is 1. The summed E-state index contributed by atoms with van der Waals surface area (Å²) in [7, 11) is 3.90. The molecule has 0 heterocycles. The van der Waals surface area contributed by atoms with Crippen molar-refractivity contribution in [2.24, 2.45) is 0 Å². The van der Waals surface area contributed by atoms with Crippen molar-refractivity contribution in [3.63, 3.8) is 0 Å². The molecule has 14 heavy (non-hydrogen) atoms. The Morgan fingerprint density at radius 1 is 1.29 bits per heavy atom. The van der Waals surface area contributed by atoms with E-state index < -0.39 is 0 Å². The quantitative estimate of drug-likeness (QED) is 0.795. The predicted molar refractivity (Wildman–Crippen MR) is 54.5 cm³/mol. The summed E-state index contributed by atoms with van der Waals surface area (Å²) >= 11 is 0. The third-order valence-corrected chi connectivity index (χ3v) is 2.28. The minimum absolute atomic E-state index is 0.139. The largest absolute Gasteiger partial charge is 0.396 e. The van der Waals surface area contributed by atoms with Gasteiger partial charge in [0.25, 0.3) is 0 Å². The lowest BCUT2D eigenvalue weighted by atomic mass is 10.0. The molecule has 0 aliphatic rings. The number of hydrogen-bond acceptors (Lipinski definition) is 2. The lowest BCUT2D eigenvalue weighted by Gasteiger charge is -2.23. The van der Waals surface area contributed by atoms with Crippen LogP contribution in [0, 0.1) is 5.82 Å². The average molecular weight is 197 g/mol. The molecule has 0 saturated heterocycles. The molecule has 78 valence electrons. The van der Waals surface area contributed by atoms with Crippen molar-refractivity contribution in [1.82, 2.24) is 4.90 Å². The maximum atomic E-state index is 12.7. The maximum absolute atomic E-state index is 12.7. The van der Waals surface area contributed by atoms with Crippen LogP contribution in [0.5, 0.6) is 0 Å². The van der Waals surface area contributed by atoms with Crippen LogP contribution >= 0.6 is 0 Å². The Labute approximate surface area is 84.0 Å². The average Bonchev–Trinajstić information content (AvgIpc) is 2.15. The lowest BCUT2D eigenvalue weighted by molar-refractivity contribution is 0.211. The molecular weight excluding hydrogens is 181 g/mol. The molecular formula is C11H16FNO. The zero-order valence-electron chi connectivity index (χ0n) is 8.57. The molecule has 1 aromatic rings. The highest BCUT2D eigenvalue weighted by molar-refractivity contribution is 5.19. The van der Waals surface area contributed by atoms with Gasteiger partial charge in [-0.2, -0.15) is 0 Å². The van der Waals surface area contributed by atoms with Gasteiger partial charge in [-0.15, -0.1) is 0 Å². The van der Waals surface area contributed by atoms with Gasteiger partial charge in [0, 0.05) is 12.6 Å². The number of halogens is 1. The molecule has 0 radical (unpaired) electrons. The summed E-state index contributed by atoms with van der Waals surface area (Å²) in [5, 5.41) is 8.90. The maximum Gasteiger partial charge on any atom is 0.123 e. The standard InChI is InChI=1S/C11H16FNO/c1-13(2)11(7-8-14)9-3-5-10(12)6-4-9/h3-6,11,14H,7-8H2,1-2H3. The van der Waals surface area contributed by atoms with Gasteiger partial charge in [0.2, 0.25) is 0 Å². The minimum atomic E-state index is -0.227. The predicted octanol–water partition coefficient (Wildman–Crippen LogP) is 1.81. The molecule has 1 unspecified atom stereocenters. The van der Waals surface area contributed by atoms with Crippen molar-refractivity contribution in [1.29, 1.82) is 0 Å². The second-order valence-electron chi connectivity index (χ2n) is 3.54. The normalized spacial score (nSPS) is 13.2. The van der Waals surface area contributed by atoms with Crippen LogP contribution < -0.4 is 0 Å². The zero-order chi connectivity index (χ0) is 10.6. The Balaban J connectivity index is 2.82. The van der Waals surface area contributed by atoms with Gasteiger partial charge in [0.05, 0.1) is 0 Å². The molecule has 2 nitrogen and oxygen atoms in total. The summed E-state index contributed by atoms with van der Waals surface area (Å²) in [6, 6.07) is 6.57. The Bertz CT molecular complexity index is 271. The van der Waals surface area contributed by atoms with Crippen molar-refractivity contribution in [2.75, 3.05) is 20.7 Å². The molecule has 1 aromatic carbocycles. The van der Waals surface area contributed by atoms with Gasteiger partial charge < -0.3 is 10.0 Å². The van der Waals surface area contributed by atoms with Crippen LogP contribution in [-0.2, 0) is 0 Å². The van der Waals surface area contributed by atoms with E-state index >= 15 is 0 Å². The van der Waals surface area contributed by atoms with Crippen molar-refractivity contribution >= 4 is 0 Å². The first-order valence-electron chi connectivity index (χ1n) is 4.68. The van der Waals surface area contributed by atoms with E-state index in [0.717, 1.165) is 5.56 Å². The topological polar surface area (TPSA) is 23.5 Å². The van der Waals surface area contributed by atoms with Gasteiger partial charge >= 0.3 is 0 Å². The summed E-state index contributed by atoms with van der Waals surface area (Å²) in [5.74, 6) is -0.227. The van der Waals surface area contributed by atoms with E-state index in [9.17, 15) is 4.39 Å². The van der Waals surface area contributed by atoms with Crippen LogP contribution in [0.4, 0.5) is 4.39 Å². The van der Waals surface area contributed by atoms with E-state index in [1.165, 1.54) is 12.1 Å². The van der Waals surface area contributed by atoms with Crippen LogP contribution in [-0.4, -0.2) is 30.7 Å². The van der Waals surface area contributed by atoms with Gasteiger partial charge in [0.15, 0.2) is 0 Å². The molecule has 1 rings (SSSR count). The molecule has 1 atom stereocenters. The molecule has 0 aliphatic carbocycles. The highest BCUT2D eigenvalue weighted by Gasteiger charge is 2.12. The fourth-order valence-electron chi connectivity index (χ4n) is 1.53. The van der Waals surface area contributed by atoms with Crippen LogP contribution in [0.15, 0.2) is 24.3 Å². The van der Waals surface area contributed by atoms with E-state index in [4.69, 9.17) is 5.11 Å². The Morgan fingerprint density at radius 3 is 2.29 bits per heavy atom. The summed E-state index contributed by atoms with van der Waals surface area (Å²) < 4.78 is 12.7. The first-order chi connectivity index (χ1) is 6.65. The van der Waals surface area contributed by atoms with Crippen LogP contribution in [0.25, 0.3) is 0 Å². The molecule has 0 bridgehead atoms. The lowest BCUT2D eigenvalue weighted by Crippen LogP contribution is -2.20. The van der Waals surface area contributed by atoms with Crippen molar-refractivity contribution in [3.05, 3.63) is 35.6 Å². The molecule has 0 fully saturated rings. The van der Waals surface area contributed by atoms with Gasteiger partial charge in [-0.05, 0) is 38.2 Å². The summed E-state index contributed by atoms with van der Waals surface area (Å²) in [4.78, 5) is 2.02. The zero-order valence-corrected chi connectivity index (χ0v) is 8.57. The molecule has 0 spiro atoms. The summed E-state index contributed by atoms with van der Waals surface area (Å²) in [5.41, 5.74) is 1.03. The van der Waals surface area contributed by atoms with Gasteiger partial charge in [-0.25, -0.2) is 4.39 Å². The summed E-state index contributed by atoms with van der Waals surface area (Å²) in [6.07, 6.45) is 0.665. The fourth-order valence-corrected chi connectivity index (χ4v) is 1.53. The molecule has 0 amide bonds. The van der Waals surface area contributed by atoms with Gasteiger partial charge in [0.1, 0.15) is 5.82 Å². The van der Waals surface area contributed by atoms with Gasteiger partial charge in [-0.3, -0.25) is 0 Å². The van der Waals surface area contributed by atoms with Crippen LogP contribution in [0.3, 0.4) is 0 Å². The molecule has 0 aromatic heterocycles. The fraction of sp³-hybridized carbons (Fsp3) is 0.455. The van der Waals surface area contributed by atoms with E-state index in [2.05, 4.69) is 0 Å². The number of benzene rings is 1. The van der Waals surface area contributed by atoms with Crippen LogP contribution in [0.2, 0.25) is 0 Å². The Kier molecular flexibility index (Phi) is 4.04. The summed E-state index contributed by atoms with van der Waals surface area (Å²) in [6.45, 7) is 0.139. The molecule has 0 saturated carbocycles. The molecule has 1 N–H and O–H groups in total. The van der Waals surface area contributed by atoms with Gasteiger partial charge in [-0.1, -0.05) is 12.1 Å². The van der Waals surface area contributed by atoms with Crippen molar-refractivity contribution in [3.8, 4) is 0 Å². The molecule has 0 aliphatic heterocycles. The van der Waals surface area contributed by atoms with E-state index in [1.54, 1.807) is 12.1 Å². The van der Waals surface area contributed by atoms with E-state index in [0.29, 0.717) is 6.42 Å². The van der Waals surface area contributed by atoms with Crippen LogP contribution in [0.1, 0.15) is 18.0 Å². The van der Waals surface area contributed by atoms with Crippen molar-refractivity contribution in [2.45, 2.75) is 12.5 Å². The second kappa shape index (κ2) is 5.08. The smallest absolute Gasteiger partial charge is 0.123 e. The first kappa shape index (κ1) is 11.1. The highest BCUT2D eigenvalue weighted by atomic mass is 19.1. The first-order valence-corrected chi connectivity index (χ1v) is 4.68. The number of hydrogen-bond donors (Lipinski definition) is 1. The Morgan fingerprint density at radius 2 is 1.86 bits per heavy atom. The third kappa shape index (κ3) is 2.79. The van der Waals surface area contributed by atoms with Crippen molar-refractivity contribution < 1.29 is 9.50 Å². The minimum Gasteiger partial charge on any atom is -0.396 e. The van der Waals surface area contributed by atoms with E-state index in [1.807, 2.05) is 19.0 Å². The van der Waals surface area contributed by atoms with E-state index in [-0.39, 0.29) is 18.5 Å². The SMILES string of the molecule is CN(C)C(CCO)c1ccc(F)cc1. The molecule has 3 heteroatoms. The number of rotatable bonds is 4. The Hall–Kier alpha value is -0.930. The number of aliphatic hydroxyl groups excluding tert-OH is 1.